The Morgan fingerprint density at radius 3 is 2.85 bits per heavy atom. The number of amides is 1. The summed E-state index contributed by atoms with van der Waals surface area (Å²) in [5.74, 6) is 6.25. The van der Waals surface area contributed by atoms with Crippen LogP contribution in [0.15, 0.2) is 18.2 Å². The molecule has 1 atom stereocenters. The number of nitrogens with one attached hydrogen (secondary N) is 1. The topological polar surface area (TPSA) is 49.3 Å². The SMILES string of the molecule is CCC(C)CNC(=O)c1cc(C#CCCO)ccc1C. The molecule has 3 heteroatoms. The number of carbonyl (C=O) groups is 1. The lowest BCUT2D eigenvalue weighted by Gasteiger charge is -2.11. The fourth-order valence-corrected chi connectivity index (χ4v) is 1.67. The van der Waals surface area contributed by atoms with Crippen LogP contribution in [0, 0.1) is 24.7 Å². The summed E-state index contributed by atoms with van der Waals surface area (Å²) in [6.45, 7) is 6.89. The summed E-state index contributed by atoms with van der Waals surface area (Å²) < 4.78 is 0. The van der Waals surface area contributed by atoms with Crippen molar-refractivity contribution in [2.24, 2.45) is 5.92 Å². The molecule has 0 aromatic heterocycles. The lowest BCUT2D eigenvalue weighted by molar-refractivity contribution is 0.0947. The number of aliphatic hydroxyl groups is 1. The molecule has 20 heavy (non-hydrogen) atoms. The fourth-order valence-electron chi connectivity index (χ4n) is 1.67. The van der Waals surface area contributed by atoms with E-state index in [9.17, 15) is 4.79 Å². The van der Waals surface area contributed by atoms with Gasteiger partial charge in [0.25, 0.3) is 5.91 Å². The largest absolute Gasteiger partial charge is 0.395 e. The molecule has 1 rings (SSSR count). The zero-order valence-corrected chi connectivity index (χ0v) is 12.5. The molecule has 0 radical (unpaired) electrons. The van der Waals surface area contributed by atoms with Crippen LogP contribution in [0.25, 0.3) is 0 Å². The van der Waals surface area contributed by atoms with E-state index in [0.717, 1.165) is 17.5 Å². The molecule has 0 saturated carbocycles. The Morgan fingerprint density at radius 1 is 1.45 bits per heavy atom. The average molecular weight is 273 g/mol. The lowest BCUT2D eigenvalue weighted by Crippen LogP contribution is -2.28. The molecule has 108 valence electrons. The van der Waals surface area contributed by atoms with E-state index < -0.39 is 0 Å². The van der Waals surface area contributed by atoms with Gasteiger partial charge in [-0.2, -0.15) is 0 Å². The first-order chi connectivity index (χ1) is 9.58. The number of aliphatic hydroxyl groups excluding tert-OH is 1. The standard InChI is InChI=1S/C17H23NO2/c1-4-13(2)12-18-17(20)16-11-15(7-5-6-10-19)9-8-14(16)3/h8-9,11,13,19H,4,6,10,12H2,1-3H3,(H,18,20). The van der Waals surface area contributed by atoms with Crippen LogP contribution < -0.4 is 5.32 Å². The molecule has 0 aliphatic carbocycles. The minimum absolute atomic E-state index is 0.0476. The van der Waals surface area contributed by atoms with Gasteiger partial charge in [-0.05, 0) is 30.5 Å². The maximum atomic E-state index is 12.2. The third-order valence-corrected chi connectivity index (χ3v) is 3.26. The highest BCUT2D eigenvalue weighted by Gasteiger charge is 2.10. The highest BCUT2D eigenvalue weighted by atomic mass is 16.2. The van der Waals surface area contributed by atoms with Crippen LogP contribution in [-0.2, 0) is 0 Å². The molecule has 0 aliphatic rings. The second kappa shape index (κ2) is 8.39. The van der Waals surface area contributed by atoms with Crippen molar-refractivity contribution < 1.29 is 9.90 Å². The van der Waals surface area contributed by atoms with E-state index in [1.54, 1.807) is 0 Å². The second-order valence-corrected chi connectivity index (χ2v) is 5.03. The molecule has 1 aromatic carbocycles. The maximum absolute atomic E-state index is 12.2. The Morgan fingerprint density at radius 2 is 2.20 bits per heavy atom. The van der Waals surface area contributed by atoms with Gasteiger partial charge in [0.05, 0.1) is 6.61 Å². The molecule has 1 unspecified atom stereocenters. The number of hydrogen-bond donors (Lipinski definition) is 2. The Labute approximate surface area is 121 Å². The van der Waals surface area contributed by atoms with Crippen molar-refractivity contribution in [2.75, 3.05) is 13.2 Å². The van der Waals surface area contributed by atoms with Gasteiger partial charge >= 0.3 is 0 Å². The van der Waals surface area contributed by atoms with Crippen LogP contribution in [0.4, 0.5) is 0 Å². The van der Waals surface area contributed by atoms with Crippen molar-refractivity contribution >= 4 is 5.91 Å². The van der Waals surface area contributed by atoms with Crippen LogP contribution in [0.3, 0.4) is 0 Å². The monoisotopic (exact) mass is 273 g/mol. The zero-order valence-electron chi connectivity index (χ0n) is 12.5. The molecular weight excluding hydrogens is 250 g/mol. The van der Waals surface area contributed by atoms with E-state index in [1.807, 2.05) is 25.1 Å². The quantitative estimate of drug-likeness (QED) is 0.810. The summed E-state index contributed by atoms with van der Waals surface area (Å²) in [4.78, 5) is 12.2. The first-order valence-corrected chi connectivity index (χ1v) is 7.07. The summed E-state index contributed by atoms with van der Waals surface area (Å²) in [5.41, 5.74) is 2.42. The molecule has 1 amide bonds. The Kier molecular flexibility index (Phi) is 6.83. The molecule has 0 spiro atoms. The van der Waals surface area contributed by atoms with E-state index in [0.29, 0.717) is 24.4 Å². The second-order valence-electron chi connectivity index (χ2n) is 5.03. The predicted octanol–water partition coefficient (Wildman–Crippen LogP) is 2.50. The minimum atomic E-state index is -0.0476. The van der Waals surface area contributed by atoms with Crippen molar-refractivity contribution in [1.82, 2.24) is 5.32 Å². The third kappa shape index (κ3) is 5.07. The van der Waals surface area contributed by atoms with Crippen molar-refractivity contribution in [3.05, 3.63) is 34.9 Å². The van der Waals surface area contributed by atoms with E-state index in [2.05, 4.69) is 31.0 Å². The first-order valence-electron chi connectivity index (χ1n) is 7.07. The molecule has 0 fully saturated rings. The molecule has 0 heterocycles. The molecule has 0 saturated heterocycles. The number of hydrogen-bond acceptors (Lipinski definition) is 2. The summed E-state index contributed by atoms with van der Waals surface area (Å²) in [6.07, 6.45) is 1.50. The predicted molar refractivity (Wildman–Crippen MR) is 81.5 cm³/mol. The van der Waals surface area contributed by atoms with E-state index in [4.69, 9.17) is 5.11 Å². The molecule has 0 aliphatic heterocycles. The Balaban J connectivity index is 2.81. The van der Waals surface area contributed by atoms with E-state index in [1.165, 1.54) is 0 Å². The average Bonchev–Trinajstić information content (AvgIpc) is 2.46. The third-order valence-electron chi connectivity index (χ3n) is 3.26. The number of benzene rings is 1. The summed E-state index contributed by atoms with van der Waals surface area (Å²) >= 11 is 0. The highest BCUT2D eigenvalue weighted by Crippen LogP contribution is 2.11. The maximum Gasteiger partial charge on any atom is 0.251 e. The van der Waals surface area contributed by atoms with Crippen LogP contribution in [0.2, 0.25) is 0 Å². The normalized spacial score (nSPS) is 11.4. The van der Waals surface area contributed by atoms with Gasteiger partial charge in [0.15, 0.2) is 0 Å². The first kappa shape index (κ1) is 16.3. The van der Waals surface area contributed by atoms with Gasteiger partial charge in [-0.15, -0.1) is 0 Å². The number of aryl methyl sites for hydroxylation is 1. The van der Waals surface area contributed by atoms with Gasteiger partial charge in [-0.1, -0.05) is 38.2 Å². The van der Waals surface area contributed by atoms with Crippen LogP contribution in [0.5, 0.6) is 0 Å². The van der Waals surface area contributed by atoms with Crippen molar-refractivity contribution in [3.8, 4) is 11.8 Å². The smallest absolute Gasteiger partial charge is 0.251 e. The van der Waals surface area contributed by atoms with E-state index in [-0.39, 0.29) is 12.5 Å². The summed E-state index contributed by atoms with van der Waals surface area (Å²) in [6, 6.07) is 5.61. The van der Waals surface area contributed by atoms with Crippen molar-refractivity contribution in [1.29, 1.82) is 0 Å². The summed E-state index contributed by atoms with van der Waals surface area (Å²) in [7, 11) is 0. The van der Waals surface area contributed by atoms with Gasteiger partial charge in [0.2, 0.25) is 0 Å². The Hall–Kier alpha value is -1.79. The van der Waals surface area contributed by atoms with Crippen LogP contribution in [-0.4, -0.2) is 24.2 Å². The summed E-state index contributed by atoms with van der Waals surface area (Å²) in [5, 5.41) is 11.7. The van der Waals surface area contributed by atoms with Gasteiger partial charge in [-0.3, -0.25) is 4.79 Å². The fraction of sp³-hybridized carbons (Fsp3) is 0.471. The van der Waals surface area contributed by atoms with E-state index >= 15 is 0 Å². The van der Waals surface area contributed by atoms with Gasteiger partial charge in [0, 0.05) is 24.1 Å². The molecule has 2 N–H and O–H groups in total. The Bertz CT molecular complexity index is 511. The zero-order chi connectivity index (χ0) is 15.0. The van der Waals surface area contributed by atoms with Gasteiger partial charge in [-0.25, -0.2) is 0 Å². The van der Waals surface area contributed by atoms with Crippen molar-refractivity contribution in [3.63, 3.8) is 0 Å². The van der Waals surface area contributed by atoms with Gasteiger partial charge < -0.3 is 10.4 Å². The van der Waals surface area contributed by atoms with Crippen molar-refractivity contribution in [2.45, 2.75) is 33.6 Å². The molecular formula is C17H23NO2. The molecule has 1 aromatic rings. The van der Waals surface area contributed by atoms with Crippen LogP contribution >= 0.6 is 0 Å². The minimum Gasteiger partial charge on any atom is -0.395 e. The molecule has 3 nitrogen and oxygen atoms in total. The lowest BCUT2D eigenvalue weighted by atomic mass is 10.0. The number of rotatable bonds is 5. The highest BCUT2D eigenvalue weighted by molar-refractivity contribution is 5.96. The number of carbonyl (C=O) groups excluding carboxylic acids is 1. The van der Waals surface area contributed by atoms with Gasteiger partial charge in [0.1, 0.15) is 0 Å². The molecule has 0 bridgehead atoms. The van der Waals surface area contributed by atoms with Crippen LogP contribution in [0.1, 0.15) is 48.2 Å².